The van der Waals surface area contributed by atoms with Crippen LogP contribution in [0.5, 0.6) is 0 Å². The summed E-state index contributed by atoms with van der Waals surface area (Å²) in [5, 5.41) is 0.869. The van der Waals surface area contributed by atoms with Crippen LogP contribution < -0.4 is 5.73 Å². The van der Waals surface area contributed by atoms with Crippen LogP contribution in [-0.4, -0.2) is 20.2 Å². The maximum Gasteiger partial charge on any atom is 0.154 e. The van der Waals surface area contributed by atoms with E-state index in [0.29, 0.717) is 22.0 Å². The molecule has 1 aromatic rings. The van der Waals surface area contributed by atoms with E-state index in [9.17, 15) is 8.42 Å². The van der Waals surface area contributed by atoms with Gasteiger partial charge >= 0.3 is 0 Å². The molecule has 17 heavy (non-hydrogen) atoms. The van der Waals surface area contributed by atoms with Crippen LogP contribution in [0.15, 0.2) is 18.2 Å². The first-order valence-corrected chi connectivity index (χ1v) is 7.78. The fourth-order valence-electron chi connectivity index (χ4n) is 1.31. The van der Waals surface area contributed by atoms with Gasteiger partial charge in [-0.1, -0.05) is 29.3 Å². The van der Waals surface area contributed by atoms with E-state index in [0.717, 1.165) is 0 Å². The van der Waals surface area contributed by atoms with Crippen molar-refractivity contribution in [2.45, 2.75) is 25.1 Å². The topological polar surface area (TPSA) is 60.2 Å². The minimum atomic E-state index is -3.17. The SMILES string of the molecule is CC(N)CCS(=O)(=O)Cc1ccc(Cl)cc1Cl. The molecule has 1 atom stereocenters. The summed E-state index contributed by atoms with van der Waals surface area (Å²) in [7, 11) is -3.17. The van der Waals surface area contributed by atoms with Crippen LogP contribution in [0.4, 0.5) is 0 Å². The lowest BCUT2D eigenvalue weighted by molar-refractivity contribution is 0.586. The number of rotatable bonds is 5. The van der Waals surface area contributed by atoms with Crippen molar-refractivity contribution < 1.29 is 8.42 Å². The molecule has 0 aromatic heterocycles. The summed E-state index contributed by atoms with van der Waals surface area (Å²) in [6, 6.07) is 4.68. The average Bonchev–Trinajstić information content (AvgIpc) is 2.20. The van der Waals surface area contributed by atoms with Gasteiger partial charge in [-0.25, -0.2) is 8.42 Å². The lowest BCUT2D eigenvalue weighted by Gasteiger charge is -2.08. The highest BCUT2D eigenvalue weighted by Gasteiger charge is 2.15. The van der Waals surface area contributed by atoms with Gasteiger partial charge < -0.3 is 5.73 Å². The van der Waals surface area contributed by atoms with E-state index in [-0.39, 0.29) is 17.5 Å². The predicted molar refractivity (Wildman–Crippen MR) is 72.2 cm³/mol. The van der Waals surface area contributed by atoms with Crippen molar-refractivity contribution in [3.63, 3.8) is 0 Å². The Kier molecular flexibility index (Phi) is 5.25. The lowest BCUT2D eigenvalue weighted by Crippen LogP contribution is -2.20. The second-order valence-electron chi connectivity index (χ2n) is 4.09. The van der Waals surface area contributed by atoms with Crippen LogP contribution in [0.1, 0.15) is 18.9 Å². The van der Waals surface area contributed by atoms with Crippen LogP contribution >= 0.6 is 23.2 Å². The van der Waals surface area contributed by atoms with E-state index in [1.807, 2.05) is 0 Å². The van der Waals surface area contributed by atoms with Crippen LogP contribution in [0.25, 0.3) is 0 Å². The summed E-state index contributed by atoms with van der Waals surface area (Å²) in [6.07, 6.45) is 0.452. The first-order chi connectivity index (χ1) is 7.80. The van der Waals surface area contributed by atoms with E-state index in [1.54, 1.807) is 25.1 Å². The largest absolute Gasteiger partial charge is 0.328 e. The van der Waals surface area contributed by atoms with E-state index < -0.39 is 9.84 Å². The van der Waals surface area contributed by atoms with E-state index in [1.165, 1.54) is 0 Å². The van der Waals surface area contributed by atoms with Gasteiger partial charge in [0.25, 0.3) is 0 Å². The number of halogens is 2. The number of benzene rings is 1. The molecule has 0 radical (unpaired) electrons. The van der Waals surface area contributed by atoms with Gasteiger partial charge in [0, 0.05) is 16.1 Å². The van der Waals surface area contributed by atoms with Gasteiger partial charge in [-0.15, -0.1) is 0 Å². The summed E-state index contributed by atoms with van der Waals surface area (Å²) >= 11 is 11.7. The highest BCUT2D eigenvalue weighted by atomic mass is 35.5. The molecule has 1 rings (SSSR count). The first-order valence-electron chi connectivity index (χ1n) is 5.20. The molecule has 0 aliphatic carbocycles. The third-order valence-electron chi connectivity index (χ3n) is 2.27. The quantitative estimate of drug-likeness (QED) is 0.908. The molecule has 0 saturated heterocycles. The molecule has 0 spiro atoms. The number of hydrogen-bond donors (Lipinski definition) is 1. The second kappa shape index (κ2) is 6.05. The first kappa shape index (κ1) is 14.8. The Labute approximate surface area is 112 Å². The molecule has 3 nitrogen and oxygen atoms in total. The Bertz CT molecular complexity index is 486. The summed E-state index contributed by atoms with van der Waals surface area (Å²) < 4.78 is 23.6. The zero-order chi connectivity index (χ0) is 13.1. The summed E-state index contributed by atoms with van der Waals surface area (Å²) in [4.78, 5) is 0. The molecule has 0 saturated carbocycles. The number of sulfone groups is 1. The summed E-state index contributed by atoms with van der Waals surface area (Å²) in [6.45, 7) is 1.78. The molecule has 2 N–H and O–H groups in total. The molecule has 1 aromatic carbocycles. The molecule has 0 bridgehead atoms. The van der Waals surface area contributed by atoms with Gasteiger partial charge in [0.05, 0.1) is 11.5 Å². The van der Waals surface area contributed by atoms with Gasteiger partial charge in [-0.2, -0.15) is 0 Å². The molecular weight excluding hydrogens is 281 g/mol. The van der Waals surface area contributed by atoms with Crippen LogP contribution in [0.3, 0.4) is 0 Å². The second-order valence-corrected chi connectivity index (χ2v) is 7.12. The highest BCUT2D eigenvalue weighted by Crippen LogP contribution is 2.23. The molecule has 6 heteroatoms. The fraction of sp³-hybridized carbons (Fsp3) is 0.455. The van der Waals surface area contributed by atoms with Crippen LogP contribution in [0, 0.1) is 0 Å². The van der Waals surface area contributed by atoms with Crippen molar-refractivity contribution in [1.29, 1.82) is 0 Å². The summed E-state index contributed by atoms with van der Waals surface area (Å²) in [5.74, 6) is -0.000651. The molecule has 96 valence electrons. The smallest absolute Gasteiger partial charge is 0.154 e. The predicted octanol–water partition coefficient (Wildman–Crippen LogP) is 2.65. The third-order valence-corrected chi connectivity index (χ3v) is 4.47. The van der Waals surface area contributed by atoms with E-state index in [2.05, 4.69) is 0 Å². The van der Waals surface area contributed by atoms with Crippen molar-refractivity contribution in [1.82, 2.24) is 0 Å². The minimum Gasteiger partial charge on any atom is -0.328 e. The van der Waals surface area contributed by atoms with Crippen molar-refractivity contribution in [2.24, 2.45) is 5.73 Å². The zero-order valence-corrected chi connectivity index (χ0v) is 11.8. The molecule has 0 fully saturated rings. The van der Waals surface area contributed by atoms with Gasteiger partial charge in [-0.3, -0.25) is 0 Å². The van der Waals surface area contributed by atoms with Crippen LogP contribution in [0.2, 0.25) is 10.0 Å². The highest BCUT2D eigenvalue weighted by molar-refractivity contribution is 7.90. The zero-order valence-electron chi connectivity index (χ0n) is 9.49. The number of hydrogen-bond acceptors (Lipinski definition) is 3. The fourth-order valence-corrected chi connectivity index (χ4v) is 3.47. The van der Waals surface area contributed by atoms with Gasteiger partial charge in [0.1, 0.15) is 0 Å². The number of nitrogens with two attached hydrogens (primary N) is 1. The van der Waals surface area contributed by atoms with Gasteiger partial charge in [-0.05, 0) is 31.0 Å². The van der Waals surface area contributed by atoms with Crippen molar-refractivity contribution in [3.05, 3.63) is 33.8 Å². The molecule has 0 aliphatic rings. The monoisotopic (exact) mass is 295 g/mol. The van der Waals surface area contributed by atoms with E-state index >= 15 is 0 Å². The van der Waals surface area contributed by atoms with Crippen molar-refractivity contribution in [2.75, 3.05) is 5.75 Å². The minimum absolute atomic E-state index is 0.0730. The third kappa shape index (κ3) is 5.25. The normalized spacial score (nSPS) is 13.6. The molecule has 0 aliphatic heterocycles. The summed E-state index contributed by atoms with van der Waals surface area (Å²) in [5.41, 5.74) is 6.10. The van der Waals surface area contributed by atoms with Crippen LogP contribution in [-0.2, 0) is 15.6 Å². The van der Waals surface area contributed by atoms with Gasteiger partial charge in [0.2, 0.25) is 0 Å². The van der Waals surface area contributed by atoms with E-state index in [4.69, 9.17) is 28.9 Å². The molecule has 1 unspecified atom stereocenters. The Morgan fingerprint density at radius 1 is 1.35 bits per heavy atom. The average molecular weight is 296 g/mol. The maximum atomic E-state index is 11.8. The molecule has 0 heterocycles. The Balaban J connectivity index is 2.76. The standard InChI is InChI=1S/C11H15Cl2NO2S/c1-8(14)4-5-17(15,16)7-9-2-3-10(12)6-11(9)13/h2-3,6,8H,4-5,7,14H2,1H3. The Morgan fingerprint density at radius 3 is 2.53 bits per heavy atom. The van der Waals surface area contributed by atoms with Gasteiger partial charge in [0.15, 0.2) is 9.84 Å². The Morgan fingerprint density at radius 2 is 2.00 bits per heavy atom. The molecular formula is C11H15Cl2NO2S. The maximum absolute atomic E-state index is 11.8. The molecule has 0 amide bonds. The Hall–Kier alpha value is -0.290. The van der Waals surface area contributed by atoms with Crippen molar-refractivity contribution >= 4 is 33.0 Å². The lowest BCUT2D eigenvalue weighted by atomic mass is 10.2. The van der Waals surface area contributed by atoms with Crippen molar-refractivity contribution in [3.8, 4) is 0 Å².